The molecule has 0 bridgehead atoms. The van der Waals surface area contributed by atoms with Crippen molar-refractivity contribution in [3.63, 3.8) is 0 Å². The first kappa shape index (κ1) is 12.1. The van der Waals surface area contributed by atoms with Crippen LogP contribution >= 0.6 is 11.6 Å². The minimum Gasteiger partial charge on any atom is -0.317 e. The van der Waals surface area contributed by atoms with Gasteiger partial charge in [0, 0.05) is 5.38 Å². The van der Waals surface area contributed by atoms with Gasteiger partial charge in [-0.3, -0.25) is 0 Å². The quantitative estimate of drug-likeness (QED) is 0.561. The normalized spacial score (nSPS) is 26.3. The highest BCUT2D eigenvalue weighted by atomic mass is 35.5. The van der Waals surface area contributed by atoms with Gasteiger partial charge in [0.2, 0.25) is 0 Å². The Labute approximate surface area is 92.9 Å². The van der Waals surface area contributed by atoms with Crippen LogP contribution in [-0.2, 0) is 0 Å². The van der Waals surface area contributed by atoms with Gasteiger partial charge in [-0.1, -0.05) is 19.1 Å². The van der Waals surface area contributed by atoms with Gasteiger partial charge in [-0.15, -0.1) is 11.6 Å². The summed E-state index contributed by atoms with van der Waals surface area (Å²) in [6.07, 6.45) is 10.7. The number of nitrogens with one attached hydrogen (secondary N) is 1. The van der Waals surface area contributed by atoms with E-state index in [1.807, 2.05) is 0 Å². The average molecular weight is 216 g/mol. The fraction of sp³-hybridized carbons (Fsp3) is 0.833. The minimum absolute atomic E-state index is 0.329. The third-order valence-electron chi connectivity index (χ3n) is 2.86. The van der Waals surface area contributed by atoms with E-state index in [0.29, 0.717) is 5.38 Å². The van der Waals surface area contributed by atoms with Crippen molar-refractivity contribution in [1.82, 2.24) is 5.32 Å². The molecule has 0 saturated carbocycles. The molecule has 1 aliphatic heterocycles. The van der Waals surface area contributed by atoms with E-state index < -0.39 is 0 Å². The van der Waals surface area contributed by atoms with Gasteiger partial charge in [0.15, 0.2) is 0 Å². The van der Waals surface area contributed by atoms with E-state index in [2.05, 4.69) is 24.4 Å². The van der Waals surface area contributed by atoms with Crippen molar-refractivity contribution < 1.29 is 0 Å². The first-order valence-electron chi connectivity index (χ1n) is 5.84. The van der Waals surface area contributed by atoms with Crippen molar-refractivity contribution in [3.05, 3.63) is 12.2 Å². The molecule has 1 aliphatic rings. The van der Waals surface area contributed by atoms with Crippen LogP contribution in [0.3, 0.4) is 0 Å². The van der Waals surface area contributed by atoms with Crippen molar-refractivity contribution in [2.24, 2.45) is 5.92 Å². The second kappa shape index (κ2) is 7.30. The third kappa shape index (κ3) is 5.02. The lowest BCUT2D eigenvalue weighted by atomic mass is 9.99. The lowest BCUT2D eigenvalue weighted by Crippen LogP contribution is -2.13. The van der Waals surface area contributed by atoms with Crippen LogP contribution in [0.4, 0.5) is 0 Å². The monoisotopic (exact) mass is 215 g/mol. The summed E-state index contributed by atoms with van der Waals surface area (Å²) in [4.78, 5) is 0. The third-order valence-corrected chi connectivity index (χ3v) is 3.35. The minimum atomic E-state index is 0.329. The summed E-state index contributed by atoms with van der Waals surface area (Å²) in [5.74, 6) is 0.783. The molecule has 0 amide bonds. The van der Waals surface area contributed by atoms with E-state index in [9.17, 15) is 0 Å². The lowest BCUT2D eigenvalue weighted by molar-refractivity contribution is 0.573. The molecule has 2 atom stereocenters. The number of halogens is 1. The second-order valence-electron chi connectivity index (χ2n) is 4.11. The zero-order valence-corrected chi connectivity index (χ0v) is 9.89. The summed E-state index contributed by atoms with van der Waals surface area (Å²) in [6, 6.07) is 0. The first-order valence-corrected chi connectivity index (χ1v) is 6.28. The van der Waals surface area contributed by atoms with Crippen LogP contribution in [-0.4, -0.2) is 18.5 Å². The molecule has 1 rings (SSSR count). The van der Waals surface area contributed by atoms with E-state index >= 15 is 0 Å². The highest BCUT2D eigenvalue weighted by Gasteiger charge is 2.08. The topological polar surface area (TPSA) is 12.0 Å². The molecule has 0 spiro atoms. The Bertz CT molecular complexity index is 160. The Morgan fingerprint density at radius 1 is 1.43 bits per heavy atom. The molecule has 2 unspecified atom stereocenters. The fourth-order valence-electron chi connectivity index (χ4n) is 1.82. The molecule has 0 aromatic rings. The first-order chi connectivity index (χ1) is 6.83. The molecular formula is C12H22ClN. The molecule has 2 heteroatoms. The van der Waals surface area contributed by atoms with Crippen LogP contribution < -0.4 is 5.32 Å². The zero-order valence-electron chi connectivity index (χ0n) is 9.14. The molecular weight excluding hydrogens is 194 g/mol. The molecule has 0 aliphatic carbocycles. The van der Waals surface area contributed by atoms with Gasteiger partial charge < -0.3 is 5.32 Å². The standard InChI is InChI=1S/C12H22ClN/c1-2-12(13)7-3-5-11-6-4-9-14-10-8-11/h3,5,11-12,14H,2,4,6-10H2,1H3/b5-3+. The van der Waals surface area contributed by atoms with Gasteiger partial charge >= 0.3 is 0 Å². The second-order valence-corrected chi connectivity index (χ2v) is 4.73. The fourth-order valence-corrected chi connectivity index (χ4v) is 1.93. The maximum Gasteiger partial charge on any atom is 0.0367 e. The van der Waals surface area contributed by atoms with Crippen molar-refractivity contribution in [2.75, 3.05) is 13.1 Å². The van der Waals surface area contributed by atoms with Gasteiger partial charge in [-0.05, 0) is 51.1 Å². The summed E-state index contributed by atoms with van der Waals surface area (Å²) < 4.78 is 0. The Kier molecular flexibility index (Phi) is 6.29. The maximum atomic E-state index is 6.05. The molecule has 1 saturated heterocycles. The molecule has 14 heavy (non-hydrogen) atoms. The lowest BCUT2D eigenvalue weighted by Gasteiger charge is -2.07. The van der Waals surface area contributed by atoms with Gasteiger partial charge in [0.1, 0.15) is 0 Å². The van der Waals surface area contributed by atoms with Gasteiger partial charge in [0.25, 0.3) is 0 Å². The van der Waals surface area contributed by atoms with Crippen LogP contribution in [0, 0.1) is 5.92 Å². The van der Waals surface area contributed by atoms with Crippen LogP contribution in [0.5, 0.6) is 0 Å². The zero-order chi connectivity index (χ0) is 10.2. The molecule has 0 aromatic heterocycles. The number of alkyl halides is 1. The van der Waals surface area contributed by atoms with Crippen LogP contribution in [0.25, 0.3) is 0 Å². The smallest absolute Gasteiger partial charge is 0.0367 e. The van der Waals surface area contributed by atoms with E-state index in [4.69, 9.17) is 11.6 Å². The summed E-state index contributed by atoms with van der Waals surface area (Å²) in [5, 5.41) is 3.76. The van der Waals surface area contributed by atoms with Crippen LogP contribution in [0.2, 0.25) is 0 Å². The number of rotatable bonds is 4. The Morgan fingerprint density at radius 2 is 2.29 bits per heavy atom. The van der Waals surface area contributed by atoms with Crippen LogP contribution in [0.15, 0.2) is 12.2 Å². The van der Waals surface area contributed by atoms with Gasteiger partial charge in [-0.2, -0.15) is 0 Å². The van der Waals surface area contributed by atoms with Crippen molar-refractivity contribution in [3.8, 4) is 0 Å². The predicted molar refractivity (Wildman–Crippen MR) is 63.9 cm³/mol. The summed E-state index contributed by atoms with van der Waals surface area (Å²) in [5.41, 5.74) is 0. The molecule has 1 fully saturated rings. The number of allylic oxidation sites excluding steroid dienone is 2. The molecule has 0 radical (unpaired) electrons. The molecule has 1 nitrogen and oxygen atoms in total. The largest absolute Gasteiger partial charge is 0.317 e. The maximum absolute atomic E-state index is 6.05. The Hall–Kier alpha value is -0.0100. The van der Waals surface area contributed by atoms with Gasteiger partial charge in [-0.25, -0.2) is 0 Å². The number of hydrogen-bond acceptors (Lipinski definition) is 1. The van der Waals surface area contributed by atoms with E-state index in [0.717, 1.165) is 18.8 Å². The molecule has 1 N–H and O–H groups in total. The summed E-state index contributed by atoms with van der Waals surface area (Å²) in [6.45, 7) is 4.51. The number of hydrogen-bond donors (Lipinski definition) is 1. The molecule has 82 valence electrons. The SMILES string of the molecule is CCC(Cl)C/C=C/C1CCCNCC1. The van der Waals surface area contributed by atoms with Gasteiger partial charge in [0.05, 0.1) is 0 Å². The van der Waals surface area contributed by atoms with Crippen molar-refractivity contribution in [2.45, 2.75) is 44.4 Å². The van der Waals surface area contributed by atoms with E-state index in [-0.39, 0.29) is 0 Å². The van der Waals surface area contributed by atoms with Crippen molar-refractivity contribution >= 4 is 11.6 Å². The van der Waals surface area contributed by atoms with E-state index in [1.54, 1.807) is 0 Å². The highest BCUT2D eigenvalue weighted by molar-refractivity contribution is 6.20. The Balaban J connectivity index is 2.20. The van der Waals surface area contributed by atoms with E-state index in [1.165, 1.54) is 32.4 Å². The molecule has 0 aromatic carbocycles. The predicted octanol–water partition coefficient (Wildman–Crippen LogP) is 3.34. The molecule has 1 heterocycles. The highest BCUT2D eigenvalue weighted by Crippen LogP contribution is 2.16. The summed E-state index contributed by atoms with van der Waals surface area (Å²) >= 11 is 6.05. The summed E-state index contributed by atoms with van der Waals surface area (Å²) in [7, 11) is 0. The van der Waals surface area contributed by atoms with Crippen LogP contribution in [0.1, 0.15) is 39.0 Å². The Morgan fingerprint density at radius 3 is 3.07 bits per heavy atom. The average Bonchev–Trinajstić information content (AvgIpc) is 2.46. The van der Waals surface area contributed by atoms with Crippen molar-refractivity contribution in [1.29, 1.82) is 0 Å².